The van der Waals surface area contributed by atoms with E-state index < -0.39 is 41.0 Å². The normalized spacial score (nSPS) is 14.1. The van der Waals surface area contributed by atoms with Gasteiger partial charge in [0.2, 0.25) is 0 Å². The van der Waals surface area contributed by atoms with E-state index >= 15 is 8.78 Å². The van der Waals surface area contributed by atoms with Gasteiger partial charge in [-0.05, 0) is 42.5 Å². The molecule has 0 fully saturated rings. The SMILES string of the molecule is NN=NC=NCC(O)(c1ccc(F)cc1F)C(F)(F)c1ccc(Oc2nc3ccc(Cl)cc3s2)cn1. The lowest BCUT2D eigenvalue weighted by Crippen LogP contribution is -2.47. The number of hydrogen-bond donors (Lipinski definition) is 2. The number of rotatable bonds is 8. The van der Waals surface area contributed by atoms with E-state index in [4.69, 9.17) is 22.2 Å². The van der Waals surface area contributed by atoms with Gasteiger partial charge < -0.3 is 15.7 Å². The molecule has 1 unspecified atom stereocenters. The first-order chi connectivity index (χ1) is 17.1. The van der Waals surface area contributed by atoms with Crippen molar-refractivity contribution in [3.05, 3.63) is 82.6 Å². The summed E-state index contributed by atoms with van der Waals surface area (Å²) in [6.45, 7) is -1.07. The molecular formula is C22H15ClF4N6O2S. The first kappa shape index (κ1) is 25.4. The highest BCUT2D eigenvalue weighted by atomic mass is 35.5. The van der Waals surface area contributed by atoms with Gasteiger partial charge in [-0.3, -0.25) is 9.98 Å². The summed E-state index contributed by atoms with van der Waals surface area (Å²) in [6.07, 6.45) is 1.70. The Morgan fingerprint density at radius 3 is 2.64 bits per heavy atom. The van der Waals surface area contributed by atoms with Crippen molar-refractivity contribution in [2.75, 3.05) is 6.54 Å². The molecule has 0 aliphatic rings. The van der Waals surface area contributed by atoms with Crippen LogP contribution in [0.25, 0.3) is 10.2 Å². The van der Waals surface area contributed by atoms with Crippen LogP contribution in [0.4, 0.5) is 17.6 Å². The highest BCUT2D eigenvalue weighted by molar-refractivity contribution is 7.20. The molecule has 0 amide bonds. The summed E-state index contributed by atoms with van der Waals surface area (Å²) in [7, 11) is 0. The second kappa shape index (κ2) is 10.1. The number of hydrogen-bond acceptors (Lipinski definition) is 7. The van der Waals surface area contributed by atoms with Crippen molar-refractivity contribution >= 4 is 39.5 Å². The molecule has 0 radical (unpaired) electrons. The molecule has 0 bridgehead atoms. The Balaban J connectivity index is 1.65. The van der Waals surface area contributed by atoms with Crippen LogP contribution in [0.1, 0.15) is 11.3 Å². The first-order valence-corrected chi connectivity index (χ1v) is 11.2. The van der Waals surface area contributed by atoms with E-state index in [1.54, 1.807) is 18.2 Å². The van der Waals surface area contributed by atoms with Crippen molar-refractivity contribution in [2.45, 2.75) is 11.5 Å². The molecule has 0 spiro atoms. The number of ether oxygens (including phenoxy) is 1. The van der Waals surface area contributed by atoms with Gasteiger partial charge in [-0.1, -0.05) is 28.2 Å². The van der Waals surface area contributed by atoms with Gasteiger partial charge in [0.1, 0.15) is 29.4 Å². The van der Waals surface area contributed by atoms with Crippen molar-refractivity contribution < 1.29 is 27.4 Å². The zero-order valence-electron chi connectivity index (χ0n) is 17.9. The number of alkyl halides is 2. The zero-order valence-corrected chi connectivity index (χ0v) is 19.5. The number of aliphatic imine (C=N–C) groups is 1. The van der Waals surface area contributed by atoms with Crippen molar-refractivity contribution in [1.29, 1.82) is 0 Å². The molecule has 4 rings (SSSR count). The highest BCUT2D eigenvalue weighted by Gasteiger charge is 2.57. The maximum atomic E-state index is 15.6. The van der Waals surface area contributed by atoms with Crippen LogP contribution in [-0.2, 0) is 11.5 Å². The maximum absolute atomic E-state index is 15.6. The number of pyridine rings is 1. The molecule has 1 atom stereocenters. The molecule has 0 aliphatic heterocycles. The second-order valence-corrected chi connectivity index (χ2v) is 8.75. The summed E-state index contributed by atoms with van der Waals surface area (Å²) < 4.78 is 65.5. The Morgan fingerprint density at radius 1 is 1.14 bits per heavy atom. The van der Waals surface area contributed by atoms with E-state index in [1.807, 2.05) is 0 Å². The monoisotopic (exact) mass is 538 g/mol. The van der Waals surface area contributed by atoms with Gasteiger partial charge in [0.15, 0.2) is 5.60 Å². The van der Waals surface area contributed by atoms with Gasteiger partial charge in [-0.15, -0.1) is 5.11 Å². The molecule has 3 N–H and O–H groups in total. The molecule has 8 nitrogen and oxygen atoms in total. The van der Waals surface area contributed by atoms with Crippen LogP contribution in [0.5, 0.6) is 10.9 Å². The quantitative estimate of drug-likeness (QED) is 0.0739. The molecule has 36 heavy (non-hydrogen) atoms. The Labute approximate surface area is 209 Å². The fourth-order valence-corrected chi connectivity index (χ4v) is 4.39. The van der Waals surface area contributed by atoms with Gasteiger partial charge in [0, 0.05) is 16.7 Å². The summed E-state index contributed by atoms with van der Waals surface area (Å²) in [5.74, 6) is -1.71. The molecule has 186 valence electrons. The number of nitrogens with zero attached hydrogens (tertiary/aromatic N) is 5. The zero-order chi connectivity index (χ0) is 25.9. The third-order valence-corrected chi connectivity index (χ3v) is 6.14. The lowest BCUT2D eigenvalue weighted by molar-refractivity contribution is -0.193. The number of aromatic nitrogens is 2. The van der Waals surface area contributed by atoms with Crippen LogP contribution in [0.3, 0.4) is 0 Å². The van der Waals surface area contributed by atoms with E-state index in [9.17, 15) is 13.9 Å². The third-order valence-electron chi connectivity index (χ3n) is 5.01. The predicted octanol–water partition coefficient (Wildman–Crippen LogP) is 5.75. The fraction of sp³-hybridized carbons (Fsp3) is 0.136. The number of aliphatic hydroxyl groups is 1. The van der Waals surface area contributed by atoms with E-state index in [1.165, 1.54) is 17.4 Å². The smallest absolute Gasteiger partial charge is 0.323 e. The molecule has 2 heterocycles. The van der Waals surface area contributed by atoms with Crippen LogP contribution in [-0.4, -0.2) is 28.0 Å². The summed E-state index contributed by atoms with van der Waals surface area (Å²) in [5.41, 5.74) is -4.46. The van der Waals surface area contributed by atoms with Crippen molar-refractivity contribution in [3.8, 4) is 10.9 Å². The second-order valence-electron chi connectivity index (χ2n) is 7.32. The van der Waals surface area contributed by atoms with Crippen molar-refractivity contribution in [3.63, 3.8) is 0 Å². The number of benzene rings is 2. The number of halogens is 5. The minimum atomic E-state index is -4.20. The van der Waals surface area contributed by atoms with Crippen LogP contribution in [0.2, 0.25) is 5.02 Å². The topological polar surface area (TPSA) is 118 Å². The van der Waals surface area contributed by atoms with Gasteiger partial charge >= 0.3 is 5.92 Å². The Morgan fingerprint density at radius 2 is 1.94 bits per heavy atom. The van der Waals surface area contributed by atoms with Crippen molar-refractivity contribution in [2.24, 2.45) is 21.2 Å². The lowest BCUT2D eigenvalue weighted by Gasteiger charge is -2.34. The average Bonchev–Trinajstić information content (AvgIpc) is 3.23. The number of fused-ring (bicyclic) bond motifs is 1. The Hall–Kier alpha value is -3.68. The maximum Gasteiger partial charge on any atom is 0.323 e. The van der Waals surface area contributed by atoms with E-state index in [-0.39, 0.29) is 10.9 Å². The van der Waals surface area contributed by atoms with E-state index in [2.05, 4.69) is 25.3 Å². The number of nitrogens with two attached hydrogens (primary N) is 1. The summed E-state index contributed by atoms with van der Waals surface area (Å²) in [6, 6.07) is 8.96. The molecule has 14 heteroatoms. The largest absolute Gasteiger partial charge is 0.429 e. The van der Waals surface area contributed by atoms with Crippen LogP contribution >= 0.6 is 22.9 Å². The minimum absolute atomic E-state index is 0.0811. The van der Waals surface area contributed by atoms with Gasteiger partial charge in [0.25, 0.3) is 5.19 Å². The summed E-state index contributed by atoms with van der Waals surface area (Å²) in [4.78, 5) is 11.5. The van der Waals surface area contributed by atoms with E-state index in [0.29, 0.717) is 29.0 Å². The van der Waals surface area contributed by atoms with Crippen LogP contribution < -0.4 is 10.6 Å². The summed E-state index contributed by atoms with van der Waals surface area (Å²) >= 11 is 7.15. The minimum Gasteiger partial charge on any atom is -0.429 e. The fourth-order valence-electron chi connectivity index (χ4n) is 3.28. The van der Waals surface area contributed by atoms with Crippen LogP contribution in [0.15, 0.2) is 70.1 Å². The van der Waals surface area contributed by atoms with E-state index in [0.717, 1.165) is 23.0 Å². The van der Waals surface area contributed by atoms with Crippen LogP contribution in [0, 0.1) is 11.6 Å². The third kappa shape index (κ3) is 4.98. The van der Waals surface area contributed by atoms with Crippen molar-refractivity contribution in [1.82, 2.24) is 9.97 Å². The molecule has 4 aromatic rings. The summed E-state index contributed by atoms with van der Waals surface area (Å²) in [5, 5.41) is 17.8. The van der Waals surface area contributed by atoms with Gasteiger partial charge in [-0.25, -0.2) is 13.8 Å². The predicted molar refractivity (Wildman–Crippen MR) is 125 cm³/mol. The Kier molecular flexibility index (Phi) is 7.15. The highest BCUT2D eigenvalue weighted by Crippen LogP contribution is 2.46. The Bertz CT molecular complexity index is 1450. The molecule has 2 aromatic carbocycles. The van der Waals surface area contributed by atoms with Gasteiger partial charge in [-0.2, -0.15) is 8.78 Å². The first-order valence-electron chi connectivity index (χ1n) is 9.98. The molecule has 2 aromatic heterocycles. The molecular weight excluding hydrogens is 524 g/mol. The number of thiazole rings is 1. The molecule has 0 saturated carbocycles. The standard InChI is InChI=1S/C22H15ClF4N6O2S/c23-12-1-5-17-18(7-12)36-20(32-17)35-14-3-6-19(30-9-14)22(26,27)21(34,10-29-11-31-33-28)15-4-2-13(24)8-16(15)25/h1-9,11,34H,10H2,(H2,28,29,31). The molecule has 0 aliphatic carbocycles. The van der Waals surface area contributed by atoms with Gasteiger partial charge in [0.05, 0.1) is 23.0 Å². The molecule has 0 saturated heterocycles. The average molecular weight is 539 g/mol. The lowest BCUT2D eigenvalue weighted by atomic mass is 9.84.